The van der Waals surface area contributed by atoms with E-state index in [0.29, 0.717) is 0 Å². The Bertz CT molecular complexity index is 571. The third-order valence-electron chi connectivity index (χ3n) is 2.50. The number of imidazole rings is 1. The number of aromatic amines is 1. The summed E-state index contributed by atoms with van der Waals surface area (Å²) >= 11 is 5.26. The van der Waals surface area contributed by atoms with Crippen LogP contribution in [0.25, 0.3) is 11.0 Å². The van der Waals surface area contributed by atoms with Crippen molar-refractivity contribution >= 4 is 34.1 Å². The number of aryl methyl sites for hydroxylation is 1. The van der Waals surface area contributed by atoms with E-state index in [1.54, 1.807) is 6.26 Å². The number of para-hydroxylation sites is 2. The zero-order chi connectivity index (χ0) is 11.5. The van der Waals surface area contributed by atoms with E-state index in [9.17, 15) is 4.21 Å². The lowest BCUT2D eigenvalue weighted by molar-refractivity contribution is 0.665. The summed E-state index contributed by atoms with van der Waals surface area (Å²) in [4.78, 5) is 3.17. The van der Waals surface area contributed by atoms with Gasteiger partial charge >= 0.3 is 0 Å². The first-order chi connectivity index (χ1) is 7.68. The molecule has 1 unspecified atom stereocenters. The monoisotopic (exact) mass is 254 g/mol. The van der Waals surface area contributed by atoms with Gasteiger partial charge < -0.3 is 9.55 Å². The average molecular weight is 254 g/mol. The van der Waals surface area contributed by atoms with Crippen LogP contribution in [0.5, 0.6) is 0 Å². The number of benzene rings is 1. The van der Waals surface area contributed by atoms with E-state index >= 15 is 0 Å². The molecular formula is C11H14N2OS2. The Balaban J connectivity index is 2.26. The summed E-state index contributed by atoms with van der Waals surface area (Å²) in [7, 11) is -0.725. The molecule has 0 saturated heterocycles. The maximum absolute atomic E-state index is 11.0. The minimum absolute atomic E-state index is 0.723. The van der Waals surface area contributed by atoms with Crippen molar-refractivity contribution in [3.8, 4) is 0 Å². The highest BCUT2D eigenvalue weighted by molar-refractivity contribution is 7.84. The van der Waals surface area contributed by atoms with Crippen LogP contribution in [0, 0.1) is 4.77 Å². The van der Waals surface area contributed by atoms with Crippen LogP contribution in [0.4, 0.5) is 0 Å². The fraction of sp³-hybridized carbons (Fsp3) is 0.364. The number of hydrogen-bond acceptors (Lipinski definition) is 2. The summed E-state index contributed by atoms with van der Waals surface area (Å²) < 4.78 is 13.8. The highest BCUT2D eigenvalue weighted by atomic mass is 32.2. The third kappa shape index (κ3) is 2.41. The molecule has 0 aliphatic carbocycles. The molecule has 2 rings (SSSR count). The highest BCUT2D eigenvalue weighted by Crippen LogP contribution is 2.13. The van der Waals surface area contributed by atoms with Gasteiger partial charge in [0, 0.05) is 29.4 Å². The van der Waals surface area contributed by atoms with Crippen LogP contribution in [-0.2, 0) is 17.3 Å². The summed E-state index contributed by atoms with van der Waals surface area (Å²) in [5.74, 6) is 0.723. The lowest BCUT2D eigenvalue weighted by atomic mass is 10.3. The number of aromatic nitrogens is 2. The molecule has 3 nitrogen and oxygen atoms in total. The van der Waals surface area contributed by atoms with Gasteiger partial charge in [-0.3, -0.25) is 4.21 Å². The molecule has 16 heavy (non-hydrogen) atoms. The van der Waals surface area contributed by atoms with Crippen LogP contribution in [0.2, 0.25) is 0 Å². The van der Waals surface area contributed by atoms with E-state index in [2.05, 4.69) is 9.55 Å². The summed E-state index contributed by atoms with van der Waals surface area (Å²) in [6, 6.07) is 8.04. The first-order valence-electron chi connectivity index (χ1n) is 5.16. The molecule has 5 heteroatoms. The van der Waals surface area contributed by atoms with Crippen molar-refractivity contribution in [3.05, 3.63) is 29.0 Å². The molecule has 1 atom stereocenters. The van der Waals surface area contributed by atoms with Crippen LogP contribution < -0.4 is 0 Å². The topological polar surface area (TPSA) is 37.8 Å². The third-order valence-corrected chi connectivity index (χ3v) is 3.68. The molecule has 1 aromatic heterocycles. The summed E-state index contributed by atoms with van der Waals surface area (Å²) in [6.45, 7) is 0.822. The fourth-order valence-electron chi connectivity index (χ4n) is 1.75. The van der Waals surface area contributed by atoms with Crippen molar-refractivity contribution in [1.29, 1.82) is 0 Å². The number of rotatable bonds is 4. The standard InChI is InChI=1S/C11H14N2OS2/c1-16(14)8-4-7-13-10-6-3-2-5-9(10)12-11(13)15/h2-3,5-6H,4,7-8H2,1H3,(H,12,15). The van der Waals surface area contributed by atoms with Gasteiger partial charge in [0.2, 0.25) is 0 Å². The van der Waals surface area contributed by atoms with E-state index in [-0.39, 0.29) is 0 Å². The molecule has 0 radical (unpaired) electrons. The van der Waals surface area contributed by atoms with Crippen molar-refractivity contribution in [2.24, 2.45) is 0 Å². The van der Waals surface area contributed by atoms with Crippen molar-refractivity contribution in [2.75, 3.05) is 12.0 Å². The van der Waals surface area contributed by atoms with Gasteiger partial charge in [-0.25, -0.2) is 0 Å². The lowest BCUT2D eigenvalue weighted by Crippen LogP contribution is -2.03. The Kier molecular flexibility index (Phi) is 3.56. The number of hydrogen-bond donors (Lipinski definition) is 1. The SMILES string of the molecule is CS(=O)CCCn1c(=S)[nH]c2ccccc21. The number of nitrogens with one attached hydrogen (secondary N) is 1. The minimum atomic E-state index is -0.725. The second-order valence-electron chi connectivity index (χ2n) is 3.73. The Labute approximate surface area is 102 Å². The highest BCUT2D eigenvalue weighted by Gasteiger charge is 2.03. The first-order valence-corrected chi connectivity index (χ1v) is 7.29. The second kappa shape index (κ2) is 4.93. The Hall–Kier alpha value is -0.940. The number of H-pyrrole nitrogens is 1. The van der Waals surface area contributed by atoms with Crippen LogP contribution in [-0.4, -0.2) is 25.8 Å². The largest absolute Gasteiger partial charge is 0.331 e. The maximum atomic E-state index is 11.0. The Morgan fingerprint density at radius 2 is 2.19 bits per heavy atom. The van der Waals surface area contributed by atoms with Gasteiger partial charge in [-0.15, -0.1) is 0 Å². The summed E-state index contributed by atoms with van der Waals surface area (Å²) in [5, 5.41) is 0. The molecule has 0 aliphatic rings. The van der Waals surface area contributed by atoms with Gasteiger partial charge in [0.25, 0.3) is 0 Å². The predicted octanol–water partition coefficient (Wildman–Crippen LogP) is 2.47. The van der Waals surface area contributed by atoms with E-state index in [1.165, 1.54) is 0 Å². The predicted molar refractivity (Wildman–Crippen MR) is 70.7 cm³/mol. The first kappa shape index (κ1) is 11.5. The zero-order valence-corrected chi connectivity index (χ0v) is 10.7. The Morgan fingerprint density at radius 1 is 1.44 bits per heavy atom. The molecule has 1 aromatic carbocycles. The van der Waals surface area contributed by atoms with Crippen molar-refractivity contribution in [3.63, 3.8) is 0 Å². The molecular weight excluding hydrogens is 240 g/mol. The summed E-state index contributed by atoms with van der Waals surface area (Å²) in [5.41, 5.74) is 2.18. The zero-order valence-electron chi connectivity index (χ0n) is 9.10. The molecule has 86 valence electrons. The van der Waals surface area contributed by atoms with Gasteiger partial charge in [0.05, 0.1) is 11.0 Å². The number of nitrogens with zero attached hydrogens (tertiary/aromatic N) is 1. The van der Waals surface area contributed by atoms with Crippen molar-refractivity contribution in [2.45, 2.75) is 13.0 Å². The van der Waals surface area contributed by atoms with Crippen LogP contribution in [0.1, 0.15) is 6.42 Å². The van der Waals surface area contributed by atoms with Gasteiger partial charge in [-0.1, -0.05) is 12.1 Å². The Morgan fingerprint density at radius 3 is 2.94 bits per heavy atom. The molecule has 0 amide bonds. The van der Waals surface area contributed by atoms with Gasteiger partial charge in [0.1, 0.15) is 0 Å². The van der Waals surface area contributed by atoms with E-state index in [0.717, 1.165) is 34.5 Å². The average Bonchev–Trinajstić information content (AvgIpc) is 2.55. The molecule has 1 heterocycles. The van der Waals surface area contributed by atoms with Crippen LogP contribution >= 0.6 is 12.2 Å². The molecule has 0 aliphatic heterocycles. The van der Waals surface area contributed by atoms with Gasteiger partial charge in [-0.2, -0.15) is 0 Å². The molecule has 0 bridgehead atoms. The molecule has 1 N–H and O–H groups in total. The second-order valence-corrected chi connectivity index (χ2v) is 5.67. The molecule has 0 spiro atoms. The number of fused-ring (bicyclic) bond motifs is 1. The normalized spacial score (nSPS) is 13.1. The van der Waals surface area contributed by atoms with Crippen molar-refractivity contribution in [1.82, 2.24) is 9.55 Å². The minimum Gasteiger partial charge on any atom is -0.331 e. The quantitative estimate of drug-likeness (QED) is 0.851. The van der Waals surface area contributed by atoms with Crippen molar-refractivity contribution < 1.29 is 4.21 Å². The van der Waals surface area contributed by atoms with Crippen LogP contribution in [0.3, 0.4) is 0 Å². The smallest absolute Gasteiger partial charge is 0.178 e. The van der Waals surface area contributed by atoms with Gasteiger partial charge in [0.15, 0.2) is 4.77 Å². The van der Waals surface area contributed by atoms with Crippen LogP contribution in [0.15, 0.2) is 24.3 Å². The molecule has 0 saturated carbocycles. The molecule has 0 fully saturated rings. The van der Waals surface area contributed by atoms with E-state index < -0.39 is 10.8 Å². The fourth-order valence-corrected chi connectivity index (χ4v) is 2.59. The maximum Gasteiger partial charge on any atom is 0.178 e. The van der Waals surface area contributed by atoms with Gasteiger partial charge in [-0.05, 0) is 30.8 Å². The summed E-state index contributed by atoms with van der Waals surface area (Å²) in [6.07, 6.45) is 2.62. The molecule has 2 aromatic rings. The van der Waals surface area contributed by atoms with E-state index in [4.69, 9.17) is 12.2 Å². The lowest BCUT2D eigenvalue weighted by Gasteiger charge is -2.02. The van der Waals surface area contributed by atoms with E-state index in [1.807, 2.05) is 24.3 Å².